The van der Waals surface area contributed by atoms with Crippen LogP contribution in [0.15, 0.2) is 36.1 Å². The van der Waals surface area contributed by atoms with Gasteiger partial charge in [-0.3, -0.25) is 4.98 Å². The second-order valence-electron chi connectivity index (χ2n) is 12.6. The van der Waals surface area contributed by atoms with Crippen molar-refractivity contribution in [3.63, 3.8) is 0 Å². The van der Waals surface area contributed by atoms with E-state index in [2.05, 4.69) is 65.9 Å². The van der Waals surface area contributed by atoms with Crippen molar-refractivity contribution in [2.45, 2.75) is 77.7 Å². The van der Waals surface area contributed by atoms with Gasteiger partial charge in [-0.05, 0) is 54.8 Å². The van der Waals surface area contributed by atoms with Crippen LogP contribution in [0.1, 0.15) is 77.5 Å². The summed E-state index contributed by atoms with van der Waals surface area (Å²) in [6.45, 7) is 13.1. The van der Waals surface area contributed by atoms with Crippen molar-refractivity contribution in [3.8, 4) is 11.4 Å². The topological polar surface area (TPSA) is 101 Å². The molecule has 1 saturated heterocycles. The highest BCUT2D eigenvalue weighted by Gasteiger charge is 2.33. The fourth-order valence-electron chi connectivity index (χ4n) is 5.40. The van der Waals surface area contributed by atoms with Gasteiger partial charge in [0.25, 0.3) is 0 Å². The number of hydrogen-bond donors (Lipinski definition) is 3. The van der Waals surface area contributed by atoms with Crippen molar-refractivity contribution in [3.05, 3.63) is 47.4 Å². The first-order valence-corrected chi connectivity index (χ1v) is 14.9. The third-order valence-electron chi connectivity index (χ3n) is 8.15. The molecule has 39 heavy (non-hydrogen) atoms. The maximum Gasteiger partial charge on any atom is 0.188 e. The number of hydrogen-bond acceptors (Lipinski definition) is 9. The Morgan fingerprint density at radius 3 is 2.64 bits per heavy atom. The van der Waals surface area contributed by atoms with Crippen molar-refractivity contribution in [2.75, 3.05) is 23.7 Å². The molecule has 0 spiro atoms. The number of pyridine rings is 2. The minimum absolute atomic E-state index is 0.00335. The molecular weight excluding hydrogens is 504 g/mol. The van der Waals surface area contributed by atoms with Gasteiger partial charge in [0.05, 0.1) is 17.4 Å². The van der Waals surface area contributed by atoms with Gasteiger partial charge in [-0.2, -0.15) is 0 Å². The van der Waals surface area contributed by atoms with E-state index < -0.39 is 0 Å². The zero-order valence-electron chi connectivity index (χ0n) is 23.5. The largest absolute Gasteiger partial charge is 0.366 e. The van der Waals surface area contributed by atoms with E-state index in [1.54, 1.807) is 17.5 Å². The molecule has 5 heterocycles. The Bertz CT molecular complexity index is 1480. The Morgan fingerprint density at radius 2 is 1.92 bits per heavy atom. The summed E-state index contributed by atoms with van der Waals surface area (Å²) in [6, 6.07) is 4.28. The molecule has 6 rings (SSSR count). The van der Waals surface area contributed by atoms with Crippen LogP contribution in [0, 0.1) is 5.41 Å². The summed E-state index contributed by atoms with van der Waals surface area (Å²) in [5.41, 5.74) is 4.24. The molecule has 1 atom stereocenters. The van der Waals surface area contributed by atoms with E-state index in [-0.39, 0.29) is 10.8 Å². The molecule has 2 fully saturated rings. The maximum absolute atomic E-state index is 5.18. The van der Waals surface area contributed by atoms with Crippen LogP contribution in [0.5, 0.6) is 0 Å². The Labute approximate surface area is 234 Å². The monoisotopic (exact) mass is 542 g/mol. The van der Waals surface area contributed by atoms with Crippen LogP contribution in [0.2, 0.25) is 0 Å². The van der Waals surface area contributed by atoms with Gasteiger partial charge in [-0.25, -0.2) is 19.9 Å². The number of thiazole rings is 1. The van der Waals surface area contributed by atoms with E-state index in [0.29, 0.717) is 17.8 Å². The van der Waals surface area contributed by atoms with Crippen molar-refractivity contribution in [2.24, 2.45) is 5.41 Å². The third kappa shape index (κ3) is 5.34. The molecule has 2 aliphatic rings. The van der Waals surface area contributed by atoms with E-state index in [4.69, 9.17) is 15.0 Å². The quantitative estimate of drug-likeness (QED) is 0.249. The minimum atomic E-state index is 0.00335. The number of anilines is 3. The summed E-state index contributed by atoms with van der Waals surface area (Å²) in [5, 5.41) is 14.9. The van der Waals surface area contributed by atoms with Crippen LogP contribution in [-0.2, 0) is 5.41 Å². The Balaban J connectivity index is 1.39. The molecule has 4 aromatic heterocycles. The average Bonchev–Trinajstić information content (AvgIpc) is 3.33. The van der Waals surface area contributed by atoms with E-state index in [9.17, 15) is 0 Å². The second kappa shape index (κ2) is 10.1. The van der Waals surface area contributed by atoms with Crippen LogP contribution in [0.3, 0.4) is 0 Å². The molecule has 0 amide bonds. The van der Waals surface area contributed by atoms with Crippen molar-refractivity contribution >= 4 is 39.0 Å². The Morgan fingerprint density at radius 1 is 1.08 bits per heavy atom. The van der Waals surface area contributed by atoms with Crippen LogP contribution in [0.25, 0.3) is 22.3 Å². The molecule has 0 aromatic carbocycles. The number of piperidine rings is 1. The summed E-state index contributed by atoms with van der Waals surface area (Å²) in [5.74, 6) is 2.84. The first kappa shape index (κ1) is 26.1. The lowest BCUT2D eigenvalue weighted by atomic mass is 9.78. The molecule has 1 saturated carbocycles. The van der Waals surface area contributed by atoms with Crippen LogP contribution < -0.4 is 16.0 Å². The first-order chi connectivity index (χ1) is 18.7. The molecule has 4 aromatic rings. The molecule has 8 nitrogen and oxygen atoms in total. The van der Waals surface area contributed by atoms with Crippen molar-refractivity contribution in [1.29, 1.82) is 0 Å². The Kier molecular flexibility index (Phi) is 6.75. The van der Waals surface area contributed by atoms with Crippen LogP contribution in [0.4, 0.5) is 16.8 Å². The fraction of sp³-hybridized carbons (Fsp3) is 0.500. The molecule has 1 aliphatic carbocycles. The number of aromatic nitrogens is 5. The molecule has 9 heteroatoms. The number of fused-ring (bicyclic) bond motifs is 1. The molecule has 204 valence electrons. The summed E-state index contributed by atoms with van der Waals surface area (Å²) in [7, 11) is 0. The summed E-state index contributed by atoms with van der Waals surface area (Å²) in [6.07, 6.45) is 10.4. The lowest BCUT2D eigenvalue weighted by molar-refractivity contribution is 0.236. The SMILES string of the molecule is CC(C)(C)c1csc(Nc2cc(-c3nc(NC4CCNCC4(C)C)c4c(C5CCC5)cncc4n3)ccn2)n1. The highest BCUT2D eigenvalue weighted by molar-refractivity contribution is 7.13. The summed E-state index contributed by atoms with van der Waals surface area (Å²) < 4.78 is 0. The average molecular weight is 543 g/mol. The lowest BCUT2D eigenvalue weighted by Crippen LogP contribution is -2.49. The van der Waals surface area contributed by atoms with Gasteiger partial charge < -0.3 is 16.0 Å². The van der Waals surface area contributed by atoms with Gasteiger partial charge in [0.15, 0.2) is 11.0 Å². The fourth-order valence-corrected chi connectivity index (χ4v) is 6.34. The van der Waals surface area contributed by atoms with Crippen LogP contribution in [-0.4, -0.2) is 44.1 Å². The highest BCUT2D eigenvalue weighted by Crippen LogP contribution is 2.42. The van der Waals surface area contributed by atoms with Crippen molar-refractivity contribution in [1.82, 2.24) is 30.2 Å². The molecular formula is C30H38N8S. The Hall–Kier alpha value is -3.17. The molecule has 0 bridgehead atoms. The number of nitrogens with one attached hydrogen (secondary N) is 3. The molecule has 0 radical (unpaired) electrons. The predicted molar refractivity (Wildman–Crippen MR) is 160 cm³/mol. The van der Waals surface area contributed by atoms with E-state index in [1.807, 2.05) is 24.5 Å². The normalized spacial score (nSPS) is 19.6. The van der Waals surface area contributed by atoms with E-state index in [1.165, 1.54) is 24.8 Å². The smallest absolute Gasteiger partial charge is 0.188 e. The van der Waals surface area contributed by atoms with Crippen molar-refractivity contribution < 1.29 is 0 Å². The molecule has 1 unspecified atom stereocenters. The van der Waals surface area contributed by atoms with Gasteiger partial charge in [0.1, 0.15) is 11.6 Å². The van der Waals surface area contributed by atoms with E-state index >= 15 is 0 Å². The van der Waals surface area contributed by atoms with Gasteiger partial charge in [-0.1, -0.05) is 41.0 Å². The minimum Gasteiger partial charge on any atom is -0.366 e. The standard InChI is InChI=1S/C30H38N8S/c1-29(2,3)23-16-39-28(36-23)37-24-13-19(9-12-33-24)26-34-21-15-32-14-20(18-7-6-8-18)25(21)27(38-26)35-22-10-11-31-17-30(22,4)5/h9,12-16,18,22,31H,6-8,10-11,17H2,1-5H3,(H,33,36,37)(H,34,35,38). The van der Waals surface area contributed by atoms with Crippen LogP contribution >= 0.6 is 11.3 Å². The second-order valence-corrected chi connectivity index (χ2v) is 13.5. The zero-order chi connectivity index (χ0) is 27.2. The highest BCUT2D eigenvalue weighted by atomic mass is 32.1. The molecule has 3 N–H and O–H groups in total. The third-order valence-corrected chi connectivity index (χ3v) is 8.91. The first-order valence-electron chi connectivity index (χ1n) is 14.0. The zero-order valence-corrected chi connectivity index (χ0v) is 24.3. The summed E-state index contributed by atoms with van der Waals surface area (Å²) in [4.78, 5) is 24.1. The van der Waals surface area contributed by atoms with Gasteiger partial charge in [0.2, 0.25) is 0 Å². The lowest BCUT2D eigenvalue weighted by Gasteiger charge is -2.40. The van der Waals surface area contributed by atoms with Gasteiger partial charge in [0, 0.05) is 46.7 Å². The van der Waals surface area contributed by atoms with E-state index in [0.717, 1.165) is 58.4 Å². The number of nitrogens with zero attached hydrogens (tertiary/aromatic N) is 5. The predicted octanol–water partition coefficient (Wildman–Crippen LogP) is 6.65. The van der Waals surface area contributed by atoms with Gasteiger partial charge in [-0.15, -0.1) is 11.3 Å². The van der Waals surface area contributed by atoms with Gasteiger partial charge >= 0.3 is 0 Å². The molecule has 1 aliphatic heterocycles. The summed E-state index contributed by atoms with van der Waals surface area (Å²) >= 11 is 1.59. The maximum atomic E-state index is 5.18. The number of rotatable bonds is 6.